The Hall–Kier alpha value is -1.91. The van der Waals surface area contributed by atoms with Crippen LogP contribution in [0.2, 0.25) is 0 Å². The third-order valence-corrected chi connectivity index (χ3v) is 5.86. The van der Waals surface area contributed by atoms with E-state index in [1.165, 1.54) is 30.7 Å². The number of rotatable bonds is 3. The average Bonchev–Trinajstić information content (AvgIpc) is 2.48. The summed E-state index contributed by atoms with van der Waals surface area (Å²) in [6.07, 6.45) is 2.11. The number of nitro benzene ring substituents is 1. The first-order valence-corrected chi connectivity index (χ1v) is 7.76. The summed E-state index contributed by atoms with van der Waals surface area (Å²) in [5.41, 5.74) is 0.706. The van der Waals surface area contributed by atoms with Crippen LogP contribution < -0.4 is 0 Å². The lowest BCUT2D eigenvalue weighted by atomic mass is 9.45. The molecule has 3 aliphatic carbocycles. The Balaban J connectivity index is 1.66. The fraction of sp³-hybridized carbons (Fsp3) is 0.588. The van der Waals surface area contributed by atoms with E-state index in [1.807, 2.05) is 0 Å². The first-order chi connectivity index (χ1) is 10.3. The molecule has 2 bridgehead atoms. The number of nitrogens with zero attached hydrogens (tertiary/aromatic N) is 1. The summed E-state index contributed by atoms with van der Waals surface area (Å²) in [5.74, 6) is 1.22. The molecule has 4 atom stereocenters. The normalized spacial score (nSPS) is 32.0. The predicted octanol–water partition coefficient (Wildman–Crippen LogP) is 3.82. The molecule has 5 nitrogen and oxygen atoms in total. The Morgan fingerprint density at radius 3 is 2.41 bits per heavy atom. The lowest BCUT2D eigenvalue weighted by Crippen LogP contribution is -2.57. The summed E-state index contributed by atoms with van der Waals surface area (Å²) in [6, 6.07) is 5.58. The Bertz CT molecular complexity index is 608. The lowest BCUT2D eigenvalue weighted by Gasteiger charge is -2.61. The maximum atomic E-state index is 12.2. The Morgan fingerprint density at radius 1 is 1.27 bits per heavy atom. The van der Waals surface area contributed by atoms with Crippen LogP contribution in [0, 0.1) is 33.3 Å². The topological polar surface area (TPSA) is 69.4 Å². The van der Waals surface area contributed by atoms with Crippen LogP contribution >= 0.6 is 0 Å². The number of hydrogen-bond donors (Lipinski definition) is 0. The van der Waals surface area contributed by atoms with Crippen molar-refractivity contribution in [3.05, 3.63) is 39.9 Å². The van der Waals surface area contributed by atoms with E-state index in [2.05, 4.69) is 20.8 Å². The molecule has 22 heavy (non-hydrogen) atoms. The average molecular weight is 303 g/mol. The van der Waals surface area contributed by atoms with Gasteiger partial charge in [0.1, 0.15) is 6.10 Å². The number of ether oxygens (including phenoxy) is 1. The van der Waals surface area contributed by atoms with Crippen molar-refractivity contribution in [2.45, 2.75) is 39.7 Å². The van der Waals surface area contributed by atoms with Crippen LogP contribution in [-0.2, 0) is 4.74 Å². The highest BCUT2D eigenvalue weighted by Crippen LogP contribution is 2.61. The van der Waals surface area contributed by atoms with Crippen molar-refractivity contribution in [2.24, 2.45) is 23.2 Å². The van der Waals surface area contributed by atoms with Crippen LogP contribution in [0.15, 0.2) is 24.3 Å². The highest BCUT2D eigenvalue weighted by Gasteiger charge is 2.57. The maximum Gasteiger partial charge on any atom is 0.338 e. The van der Waals surface area contributed by atoms with E-state index in [0.29, 0.717) is 28.7 Å². The second kappa shape index (κ2) is 5.07. The van der Waals surface area contributed by atoms with E-state index in [4.69, 9.17) is 4.74 Å². The van der Waals surface area contributed by atoms with E-state index >= 15 is 0 Å². The number of esters is 1. The largest absolute Gasteiger partial charge is 0.458 e. The van der Waals surface area contributed by atoms with Gasteiger partial charge in [0.2, 0.25) is 0 Å². The second-order valence-corrected chi connectivity index (χ2v) is 7.20. The molecule has 0 amide bonds. The molecule has 0 N–H and O–H groups in total. The van der Waals surface area contributed by atoms with E-state index in [-0.39, 0.29) is 17.8 Å². The predicted molar refractivity (Wildman–Crippen MR) is 81.5 cm³/mol. The number of carbonyl (C=O) groups is 1. The summed E-state index contributed by atoms with van der Waals surface area (Å²) in [4.78, 5) is 22.4. The fourth-order valence-corrected chi connectivity index (χ4v) is 4.18. The van der Waals surface area contributed by atoms with Crippen molar-refractivity contribution >= 4 is 11.7 Å². The van der Waals surface area contributed by atoms with Gasteiger partial charge in [0.25, 0.3) is 5.69 Å². The zero-order valence-electron chi connectivity index (χ0n) is 13.1. The van der Waals surface area contributed by atoms with Crippen molar-refractivity contribution in [3.63, 3.8) is 0 Å². The molecule has 1 aromatic rings. The molecule has 0 aliphatic heterocycles. The van der Waals surface area contributed by atoms with Crippen LogP contribution in [0.25, 0.3) is 0 Å². The van der Waals surface area contributed by atoms with Gasteiger partial charge in [-0.25, -0.2) is 4.79 Å². The van der Waals surface area contributed by atoms with Gasteiger partial charge in [-0.1, -0.05) is 20.8 Å². The van der Waals surface area contributed by atoms with Crippen LogP contribution in [0.3, 0.4) is 0 Å². The summed E-state index contributed by atoms with van der Waals surface area (Å²) >= 11 is 0. The highest BCUT2D eigenvalue weighted by atomic mass is 16.6. The molecule has 4 rings (SSSR count). The lowest BCUT2D eigenvalue weighted by molar-refractivity contribution is -0.384. The number of hydrogen-bond acceptors (Lipinski definition) is 4. The smallest absolute Gasteiger partial charge is 0.338 e. The quantitative estimate of drug-likeness (QED) is 0.483. The van der Waals surface area contributed by atoms with Gasteiger partial charge in [0.15, 0.2) is 0 Å². The van der Waals surface area contributed by atoms with Crippen LogP contribution in [0.4, 0.5) is 5.69 Å². The summed E-state index contributed by atoms with van der Waals surface area (Å²) in [7, 11) is 0. The number of non-ortho nitro benzene ring substituents is 1. The zero-order valence-corrected chi connectivity index (χ0v) is 13.1. The minimum Gasteiger partial charge on any atom is -0.458 e. The summed E-state index contributed by atoms with van der Waals surface area (Å²) in [5, 5.41) is 10.6. The van der Waals surface area contributed by atoms with Gasteiger partial charge in [-0.15, -0.1) is 0 Å². The van der Waals surface area contributed by atoms with Gasteiger partial charge < -0.3 is 4.74 Å². The van der Waals surface area contributed by atoms with Crippen molar-refractivity contribution in [2.75, 3.05) is 0 Å². The molecule has 1 aromatic carbocycles. The van der Waals surface area contributed by atoms with Crippen molar-refractivity contribution in [1.29, 1.82) is 0 Å². The van der Waals surface area contributed by atoms with Gasteiger partial charge in [-0.2, -0.15) is 0 Å². The van der Waals surface area contributed by atoms with Gasteiger partial charge >= 0.3 is 5.97 Å². The Labute approximate surface area is 129 Å². The fourth-order valence-electron chi connectivity index (χ4n) is 4.18. The molecule has 0 heterocycles. The molecule has 118 valence electrons. The van der Waals surface area contributed by atoms with E-state index in [0.717, 1.165) is 6.42 Å². The monoisotopic (exact) mass is 303 g/mol. The van der Waals surface area contributed by atoms with E-state index in [9.17, 15) is 14.9 Å². The SMILES string of the molecule is CC1C(OC(=O)c2ccc([N+](=O)[O-])cc2)CC2CC1C2(C)C. The van der Waals surface area contributed by atoms with Gasteiger partial charge in [0, 0.05) is 12.1 Å². The van der Waals surface area contributed by atoms with Crippen LogP contribution in [0.5, 0.6) is 0 Å². The Kier molecular flexibility index (Phi) is 3.46. The minimum absolute atomic E-state index is 0.0226. The molecular weight excluding hydrogens is 282 g/mol. The highest BCUT2D eigenvalue weighted by molar-refractivity contribution is 5.89. The number of carbonyl (C=O) groups excluding carboxylic acids is 1. The van der Waals surface area contributed by atoms with Crippen molar-refractivity contribution in [1.82, 2.24) is 0 Å². The number of fused-ring (bicyclic) bond motifs is 2. The molecule has 0 spiro atoms. The second-order valence-electron chi connectivity index (χ2n) is 7.20. The first-order valence-electron chi connectivity index (χ1n) is 7.76. The molecule has 5 heteroatoms. The molecular formula is C17H21NO4. The molecule has 0 saturated heterocycles. The molecule has 4 unspecified atom stereocenters. The zero-order chi connectivity index (χ0) is 16.1. The third kappa shape index (κ3) is 2.28. The summed E-state index contributed by atoms with van der Waals surface area (Å²) < 4.78 is 5.68. The molecule has 3 fully saturated rings. The molecule has 0 aromatic heterocycles. The van der Waals surface area contributed by atoms with Gasteiger partial charge in [-0.05, 0) is 48.1 Å². The third-order valence-electron chi connectivity index (χ3n) is 5.86. The molecule has 0 radical (unpaired) electrons. The Morgan fingerprint density at radius 2 is 1.91 bits per heavy atom. The maximum absolute atomic E-state index is 12.2. The minimum atomic E-state index is -0.478. The number of benzene rings is 1. The van der Waals surface area contributed by atoms with Crippen LogP contribution in [-0.4, -0.2) is 17.0 Å². The standard InChI is InChI=1S/C17H21NO4/c1-10-14-8-12(17(14,2)3)9-15(10)22-16(19)11-4-6-13(7-5-11)18(20)21/h4-7,10,12,14-15H,8-9H2,1-3H3. The van der Waals surface area contributed by atoms with Gasteiger partial charge in [-0.3, -0.25) is 10.1 Å². The van der Waals surface area contributed by atoms with Crippen molar-refractivity contribution in [3.8, 4) is 0 Å². The first kappa shape index (κ1) is 15.0. The van der Waals surface area contributed by atoms with Crippen molar-refractivity contribution < 1.29 is 14.5 Å². The van der Waals surface area contributed by atoms with Crippen LogP contribution in [0.1, 0.15) is 44.0 Å². The molecule has 3 saturated carbocycles. The van der Waals surface area contributed by atoms with Gasteiger partial charge in [0.05, 0.1) is 10.5 Å². The number of nitro groups is 1. The van der Waals surface area contributed by atoms with E-state index < -0.39 is 4.92 Å². The molecule has 3 aliphatic rings. The summed E-state index contributed by atoms with van der Waals surface area (Å²) in [6.45, 7) is 6.77. The van der Waals surface area contributed by atoms with E-state index in [1.54, 1.807) is 0 Å².